The van der Waals surface area contributed by atoms with Gasteiger partial charge >= 0.3 is 0 Å². The molecule has 2 N–H and O–H groups in total. The normalized spacial score (nSPS) is 11.3. The van der Waals surface area contributed by atoms with Gasteiger partial charge in [0, 0.05) is 19.4 Å². The lowest BCUT2D eigenvalue weighted by atomic mass is 10.2. The third kappa shape index (κ3) is 4.44. The molecule has 6 nitrogen and oxygen atoms in total. The molecule has 0 saturated heterocycles. The van der Waals surface area contributed by atoms with E-state index >= 15 is 0 Å². The summed E-state index contributed by atoms with van der Waals surface area (Å²) in [4.78, 5) is 11.9. The summed E-state index contributed by atoms with van der Waals surface area (Å²) in [6.45, 7) is 0.282. The summed E-state index contributed by atoms with van der Waals surface area (Å²) in [5, 5.41) is 2.76. The highest BCUT2D eigenvalue weighted by atomic mass is 32.2. The minimum absolute atomic E-state index is 0.113. The smallest absolute Gasteiger partial charge is 0.240 e. The Morgan fingerprint density at radius 2 is 2.05 bits per heavy atom. The maximum Gasteiger partial charge on any atom is 0.240 e. The predicted molar refractivity (Wildman–Crippen MR) is 81.6 cm³/mol. The average Bonchev–Trinajstić information content (AvgIpc) is 3.04. The van der Waals surface area contributed by atoms with Gasteiger partial charge in [0.25, 0.3) is 0 Å². The van der Waals surface area contributed by atoms with Gasteiger partial charge in [-0.1, -0.05) is 12.1 Å². The Labute approximate surface area is 129 Å². The molecule has 0 radical (unpaired) electrons. The van der Waals surface area contributed by atoms with Crippen LogP contribution in [0.25, 0.3) is 0 Å². The maximum absolute atomic E-state index is 11.8. The number of nitrogens with one attached hydrogen (secondary N) is 2. The molecule has 1 aromatic heterocycles. The van der Waals surface area contributed by atoms with Crippen LogP contribution in [-0.2, 0) is 27.8 Å². The van der Waals surface area contributed by atoms with Crippen LogP contribution in [0.2, 0.25) is 0 Å². The van der Waals surface area contributed by atoms with E-state index in [1.807, 2.05) is 6.07 Å². The average molecular weight is 322 g/mol. The first-order chi connectivity index (χ1) is 10.5. The number of hydrogen-bond donors (Lipinski definition) is 2. The first-order valence-electron chi connectivity index (χ1n) is 6.83. The third-order valence-corrected chi connectivity index (χ3v) is 4.56. The highest BCUT2D eigenvalue weighted by molar-refractivity contribution is 7.89. The molecule has 0 fully saturated rings. The van der Waals surface area contributed by atoms with E-state index in [0.717, 1.165) is 11.3 Å². The van der Waals surface area contributed by atoms with Crippen molar-refractivity contribution in [2.24, 2.45) is 0 Å². The zero-order valence-corrected chi connectivity index (χ0v) is 13.0. The molecule has 2 rings (SSSR count). The number of benzene rings is 1. The number of sulfonamides is 1. The summed E-state index contributed by atoms with van der Waals surface area (Å²) in [5.41, 5.74) is 0.725. The van der Waals surface area contributed by atoms with Crippen molar-refractivity contribution in [1.29, 1.82) is 0 Å². The summed E-state index contributed by atoms with van der Waals surface area (Å²) in [5.74, 6) is 0.649. The lowest BCUT2D eigenvalue weighted by Crippen LogP contribution is -2.23. The topological polar surface area (TPSA) is 88.4 Å². The van der Waals surface area contributed by atoms with E-state index in [4.69, 9.17) is 4.42 Å². The number of hydrogen-bond acceptors (Lipinski definition) is 4. The Balaban J connectivity index is 1.89. The largest absolute Gasteiger partial charge is 0.469 e. The van der Waals surface area contributed by atoms with Crippen LogP contribution in [0.1, 0.15) is 17.7 Å². The fraction of sp³-hybridized carbons (Fsp3) is 0.267. The number of rotatable bonds is 7. The summed E-state index contributed by atoms with van der Waals surface area (Å²) < 4.78 is 30.9. The summed E-state index contributed by atoms with van der Waals surface area (Å²) in [6.07, 6.45) is 2.43. The number of carbonyl (C=O) groups is 1. The predicted octanol–water partition coefficient (Wildman–Crippen LogP) is 1.44. The molecule has 1 amide bonds. The van der Waals surface area contributed by atoms with Gasteiger partial charge in [-0.3, -0.25) is 4.79 Å². The van der Waals surface area contributed by atoms with Crippen LogP contribution in [0.5, 0.6) is 0 Å². The van der Waals surface area contributed by atoms with E-state index in [9.17, 15) is 13.2 Å². The summed E-state index contributed by atoms with van der Waals surface area (Å²) in [7, 11) is -2.11. The molecular formula is C15H18N2O4S. The van der Waals surface area contributed by atoms with Crippen LogP contribution < -0.4 is 10.0 Å². The molecule has 1 aromatic carbocycles. The molecule has 0 spiro atoms. The lowest BCUT2D eigenvalue weighted by Gasteiger charge is -2.07. The summed E-state index contributed by atoms with van der Waals surface area (Å²) >= 11 is 0. The van der Waals surface area contributed by atoms with E-state index in [1.54, 1.807) is 30.5 Å². The van der Waals surface area contributed by atoms with Gasteiger partial charge in [-0.15, -0.1) is 0 Å². The van der Waals surface area contributed by atoms with Gasteiger partial charge in [0.05, 0.1) is 11.2 Å². The van der Waals surface area contributed by atoms with Crippen LogP contribution in [0.4, 0.5) is 0 Å². The SMILES string of the molecule is CNS(=O)(=O)c1cccc(CNC(=O)CCc2ccco2)c1. The van der Waals surface area contributed by atoms with Gasteiger partial charge in [0.2, 0.25) is 15.9 Å². The van der Waals surface area contributed by atoms with Crippen LogP contribution in [0.15, 0.2) is 52.0 Å². The third-order valence-electron chi connectivity index (χ3n) is 3.15. The number of carbonyl (C=O) groups excluding carboxylic acids is 1. The van der Waals surface area contributed by atoms with Gasteiger partial charge in [-0.25, -0.2) is 13.1 Å². The van der Waals surface area contributed by atoms with Gasteiger partial charge < -0.3 is 9.73 Å². The zero-order chi connectivity index (χ0) is 16.0. The molecule has 118 valence electrons. The minimum Gasteiger partial charge on any atom is -0.469 e. The van der Waals surface area contributed by atoms with E-state index in [-0.39, 0.29) is 17.3 Å². The molecule has 22 heavy (non-hydrogen) atoms. The maximum atomic E-state index is 11.8. The van der Waals surface area contributed by atoms with Crippen molar-refractivity contribution < 1.29 is 17.6 Å². The first kappa shape index (κ1) is 16.3. The van der Waals surface area contributed by atoms with Crippen molar-refractivity contribution in [2.45, 2.75) is 24.3 Å². The van der Waals surface area contributed by atoms with Gasteiger partial charge in [0.15, 0.2) is 0 Å². The van der Waals surface area contributed by atoms with Crippen molar-refractivity contribution >= 4 is 15.9 Å². The van der Waals surface area contributed by atoms with E-state index < -0.39 is 10.0 Å². The standard InChI is InChI=1S/C15H18N2O4S/c1-16-22(19,20)14-6-2-4-12(10-14)11-17-15(18)8-7-13-5-3-9-21-13/h2-6,9-10,16H,7-8,11H2,1H3,(H,17,18). The van der Waals surface area contributed by atoms with Crippen molar-refractivity contribution in [2.75, 3.05) is 7.05 Å². The molecule has 0 aliphatic heterocycles. The molecule has 0 aliphatic carbocycles. The molecule has 1 heterocycles. The van der Waals surface area contributed by atoms with Crippen molar-refractivity contribution in [3.05, 3.63) is 54.0 Å². The quantitative estimate of drug-likeness (QED) is 0.807. The number of amides is 1. The number of furan rings is 1. The first-order valence-corrected chi connectivity index (χ1v) is 8.31. The van der Waals surface area contributed by atoms with E-state index in [1.165, 1.54) is 13.1 Å². The Hall–Kier alpha value is -2.12. The van der Waals surface area contributed by atoms with Crippen molar-refractivity contribution in [3.8, 4) is 0 Å². The Morgan fingerprint density at radius 3 is 2.73 bits per heavy atom. The van der Waals surface area contributed by atoms with Crippen LogP contribution >= 0.6 is 0 Å². The van der Waals surface area contributed by atoms with Gasteiger partial charge in [-0.05, 0) is 36.9 Å². The highest BCUT2D eigenvalue weighted by Gasteiger charge is 2.11. The Kier molecular flexibility index (Phi) is 5.35. The molecule has 0 unspecified atom stereocenters. The molecular weight excluding hydrogens is 304 g/mol. The van der Waals surface area contributed by atoms with E-state index in [0.29, 0.717) is 12.8 Å². The fourth-order valence-electron chi connectivity index (χ4n) is 1.92. The van der Waals surface area contributed by atoms with Crippen LogP contribution in [0, 0.1) is 0 Å². The summed E-state index contributed by atoms with van der Waals surface area (Å²) in [6, 6.07) is 10.1. The van der Waals surface area contributed by atoms with E-state index in [2.05, 4.69) is 10.0 Å². The lowest BCUT2D eigenvalue weighted by molar-refractivity contribution is -0.121. The van der Waals surface area contributed by atoms with Crippen LogP contribution in [-0.4, -0.2) is 21.4 Å². The molecule has 0 aliphatic rings. The van der Waals surface area contributed by atoms with Crippen molar-refractivity contribution in [1.82, 2.24) is 10.0 Å². The monoisotopic (exact) mass is 322 g/mol. The highest BCUT2D eigenvalue weighted by Crippen LogP contribution is 2.11. The second-order valence-electron chi connectivity index (χ2n) is 4.71. The molecule has 0 atom stereocenters. The number of aryl methyl sites for hydroxylation is 1. The Morgan fingerprint density at radius 1 is 1.23 bits per heavy atom. The zero-order valence-electron chi connectivity index (χ0n) is 12.2. The molecule has 0 bridgehead atoms. The van der Waals surface area contributed by atoms with Gasteiger partial charge in [-0.2, -0.15) is 0 Å². The van der Waals surface area contributed by atoms with Crippen molar-refractivity contribution in [3.63, 3.8) is 0 Å². The minimum atomic E-state index is -3.47. The molecule has 7 heteroatoms. The second-order valence-corrected chi connectivity index (χ2v) is 6.60. The molecule has 2 aromatic rings. The molecule has 0 saturated carbocycles. The van der Waals surface area contributed by atoms with Crippen LogP contribution in [0.3, 0.4) is 0 Å². The Bertz CT molecular complexity index is 724. The second kappa shape index (κ2) is 7.24. The fourth-order valence-corrected chi connectivity index (χ4v) is 2.72. The van der Waals surface area contributed by atoms with Gasteiger partial charge in [0.1, 0.15) is 5.76 Å².